The van der Waals surface area contributed by atoms with E-state index < -0.39 is 12.1 Å². The third-order valence-corrected chi connectivity index (χ3v) is 0.915. The average molecular weight is 117 g/mol. The summed E-state index contributed by atoms with van der Waals surface area (Å²) in [6, 6.07) is -0.451. The third-order valence-electron chi connectivity index (χ3n) is 0.915. The molecule has 0 saturated heterocycles. The normalized spacial score (nSPS) is 17.5. The first-order chi connectivity index (χ1) is 3.55. The van der Waals surface area contributed by atoms with Crippen LogP contribution in [0.15, 0.2) is 0 Å². The van der Waals surface area contributed by atoms with Crippen molar-refractivity contribution in [3.05, 3.63) is 0 Å². The van der Waals surface area contributed by atoms with Gasteiger partial charge in [0.25, 0.3) is 0 Å². The van der Waals surface area contributed by atoms with E-state index in [0.717, 1.165) is 0 Å². The molecule has 0 aromatic rings. The molecule has 48 valence electrons. The van der Waals surface area contributed by atoms with Gasteiger partial charge >= 0.3 is 0 Å². The van der Waals surface area contributed by atoms with Crippen molar-refractivity contribution in [2.75, 3.05) is 0 Å². The number of carbonyl (C=O) groups excluding carboxylic acids is 1. The van der Waals surface area contributed by atoms with Gasteiger partial charge in [-0.2, -0.15) is 0 Å². The van der Waals surface area contributed by atoms with Crippen LogP contribution in [-0.4, -0.2) is 23.0 Å². The highest BCUT2D eigenvalue weighted by atomic mass is 16.3. The molecule has 0 aromatic carbocycles. The average Bonchev–Trinajstić information content (AvgIpc) is 1.64. The monoisotopic (exact) mass is 117 g/mol. The Morgan fingerprint density at radius 3 is 2.12 bits per heavy atom. The van der Waals surface area contributed by atoms with Crippen LogP contribution in [0.3, 0.4) is 0 Å². The van der Waals surface area contributed by atoms with Crippen LogP contribution in [0.2, 0.25) is 0 Å². The smallest absolute Gasteiger partial charge is 0.159 e. The van der Waals surface area contributed by atoms with Gasteiger partial charge in [0.15, 0.2) is 5.78 Å². The molecule has 3 nitrogen and oxygen atoms in total. The van der Waals surface area contributed by atoms with Crippen LogP contribution in [0, 0.1) is 0 Å². The van der Waals surface area contributed by atoms with Gasteiger partial charge in [0.1, 0.15) is 6.10 Å². The summed E-state index contributed by atoms with van der Waals surface area (Å²) in [5, 5.41) is 8.73. The quantitative estimate of drug-likeness (QED) is 0.502. The van der Waals surface area contributed by atoms with Crippen LogP contribution in [0.4, 0.5) is 0 Å². The fourth-order valence-electron chi connectivity index (χ4n) is 0.370. The maximum absolute atomic E-state index is 10.3. The molecular formula is C5H11NO2. The zero-order chi connectivity index (χ0) is 6.73. The minimum atomic E-state index is -0.991. The molecule has 0 aliphatic carbocycles. The summed E-state index contributed by atoms with van der Waals surface area (Å²) in [4.78, 5) is 10.3. The number of nitrogens with two attached hydrogens (primary N) is 1. The summed E-state index contributed by atoms with van der Waals surface area (Å²) < 4.78 is 0. The van der Waals surface area contributed by atoms with Gasteiger partial charge in [-0.15, -0.1) is 0 Å². The minimum Gasteiger partial charge on any atom is -0.384 e. The molecule has 0 bridgehead atoms. The number of Topliss-reactive ketones (excluding diaryl/α,β-unsaturated/α-hetero) is 1. The van der Waals surface area contributed by atoms with Crippen LogP contribution in [0.25, 0.3) is 0 Å². The number of aliphatic hydroxyl groups excluding tert-OH is 1. The second-order valence-corrected chi connectivity index (χ2v) is 1.91. The van der Waals surface area contributed by atoms with Crippen molar-refractivity contribution in [1.29, 1.82) is 0 Å². The van der Waals surface area contributed by atoms with Crippen molar-refractivity contribution in [3.63, 3.8) is 0 Å². The van der Waals surface area contributed by atoms with Gasteiger partial charge in [-0.25, -0.2) is 0 Å². The largest absolute Gasteiger partial charge is 0.384 e. The molecule has 0 heterocycles. The second-order valence-electron chi connectivity index (χ2n) is 1.91. The van der Waals surface area contributed by atoms with Gasteiger partial charge < -0.3 is 10.8 Å². The molecule has 0 amide bonds. The van der Waals surface area contributed by atoms with Gasteiger partial charge in [-0.1, -0.05) is 0 Å². The molecule has 8 heavy (non-hydrogen) atoms. The lowest BCUT2D eigenvalue weighted by Gasteiger charge is -2.08. The Kier molecular flexibility index (Phi) is 2.65. The zero-order valence-electron chi connectivity index (χ0n) is 5.09. The van der Waals surface area contributed by atoms with E-state index in [1.807, 2.05) is 0 Å². The predicted octanol–water partition coefficient (Wildman–Crippen LogP) is -0.716. The number of ketones is 1. The Hall–Kier alpha value is -0.410. The first-order valence-corrected chi connectivity index (χ1v) is 2.50. The Balaban J connectivity index is 3.64. The first kappa shape index (κ1) is 7.59. The molecule has 0 fully saturated rings. The molecule has 3 N–H and O–H groups in total. The topological polar surface area (TPSA) is 63.3 Å². The predicted molar refractivity (Wildman–Crippen MR) is 30.3 cm³/mol. The van der Waals surface area contributed by atoms with E-state index in [9.17, 15) is 4.79 Å². The van der Waals surface area contributed by atoms with Gasteiger partial charge in [-0.05, 0) is 13.8 Å². The Labute approximate surface area is 48.5 Å². The summed E-state index contributed by atoms with van der Waals surface area (Å²) >= 11 is 0. The highest BCUT2D eigenvalue weighted by molar-refractivity contribution is 5.80. The van der Waals surface area contributed by atoms with Crippen molar-refractivity contribution in [2.45, 2.75) is 26.0 Å². The first-order valence-electron chi connectivity index (χ1n) is 2.50. The van der Waals surface area contributed by atoms with Crippen LogP contribution >= 0.6 is 0 Å². The molecule has 0 aromatic heterocycles. The van der Waals surface area contributed by atoms with E-state index in [4.69, 9.17) is 10.8 Å². The Morgan fingerprint density at radius 2 is 2.12 bits per heavy atom. The standard InChI is InChI=1S/C5H11NO2/c1-3(6)5(8)4(2)7/h3,5,8H,6H2,1-2H3/t3-,5-/m0/s1. The summed E-state index contributed by atoms with van der Waals surface area (Å²) in [6.07, 6.45) is -0.991. The van der Waals surface area contributed by atoms with E-state index in [1.165, 1.54) is 6.92 Å². The van der Waals surface area contributed by atoms with Gasteiger partial charge in [0.2, 0.25) is 0 Å². The maximum atomic E-state index is 10.3. The van der Waals surface area contributed by atoms with Crippen molar-refractivity contribution in [1.82, 2.24) is 0 Å². The SMILES string of the molecule is CC(=O)[C@@H](O)[C@H](C)N. The summed E-state index contributed by atoms with van der Waals surface area (Å²) in [5.41, 5.74) is 5.17. The second kappa shape index (κ2) is 2.79. The highest BCUT2D eigenvalue weighted by Crippen LogP contribution is 1.88. The number of aliphatic hydroxyl groups is 1. The van der Waals surface area contributed by atoms with Crippen molar-refractivity contribution >= 4 is 5.78 Å². The fourth-order valence-corrected chi connectivity index (χ4v) is 0.370. The summed E-state index contributed by atoms with van der Waals surface area (Å²) in [5.74, 6) is -0.278. The van der Waals surface area contributed by atoms with E-state index >= 15 is 0 Å². The Morgan fingerprint density at radius 1 is 1.75 bits per heavy atom. The highest BCUT2D eigenvalue weighted by Gasteiger charge is 2.13. The maximum Gasteiger partial charge on any atom is 0.159 e. The van der Waals surface area contributed by atoms with E-state index in [2.05, 4.69) is 0 Å². The molecule has 0 unspecified atom stereocenters. The Bertz CT molecular complexity index is 90.4. The van der Waals surface area contributed by atoms with Gasteiger partial charge in [0.05, 0.1) is 0 Å². The molecule has 0 rings (SSSR count). The molecular weight excluding hydrogens is 106 g/mol. The van der Waals surface area contributed by atoms with Crippen molar-refractivity contribution in [3.8, 4) is 0 Å². The molecule has 0 saturated carbocycles. The summed E-state index contributed by atoms with van der Waals surface area (Å²) in [6.45, 7) is 2.90. The van der Waals surface area contributed by atoms with E-state index in [-0.39, 0.29) is 5.78 Å². The third kappa shape index (κ3) is 2.04. The summed E-state index contributed by atoms with van der Waals surface area (Å²) in [7, 11) is 0. The molecule has 0 spiro atoms. The van der Waals surface area contributed by atoms with Crippen LogP contribution in [-0.2, 0) is 4.79 Å². The van der Waals surface area contributed by atoms with Crippen molar-refractivity contribution < 1.29 is 9.90 Å². The molecule has 2 atom stereocenters. The van der Waals surface area contributed by atoms with E-state index in [1.54, 1.807) is 6.92 Å². The lowest BCUT2D eigenvalue weighted by Crippen LogP contribution is -2.36. The number of carbonyl (C=O) groups is 1. The van der Waals surface area contributed by atoms with Crippen LogP contribution in [0.1, 0.15) is 13.8 Å². The lowest BCUT2D eigenvalue weighted by molar-refractivity contribution is -0.125. The zero-order valence-corrected chi connectivity index (χ0v) is 5.09. The molecule has 0 radical (unpaired) electrons. The minimum absolute atomic E-state index is 0.278. The number of hydrogen-bond acceptors (Lipinski definition) is 3. The number of rotatable bonds is 2. The van der Waals surface area contributed by atoms with Gasteiger partial charge in [-0.3, -0.25) is 4.79 Å². The van der Waals surface area contributed by atoms with Gasteiger partial charge in [0, 0.05) is 6.04 Å². The fraction of sp³-hybridized carbons (Fsp3) is 0.800. The molecule has 3 heteroatoms. The van der Waals surface area contributed by atoms with E-state index in [0.29, 0.717) is 0 Å². The van der Waals surface area contributed by atoms with Crippen molar-refractivity contribution in [2.24, 2.45) is 5.73 Å². The lowest BCUT2D eigenvalue weighted by atomic mass is 10.1. The molecule has 0 aliphatic rings. The van der Waals surface area contributed by atoms with Crippen LogP contribution < -0.4 is 5.73 Å². The number of hydrogen-bond donors (Lipinski definition) is 2. The van der Waals surface area contributed by atoms with Crippen LogP contribution in [0.5, 0.6) is 0 Å². The molecule has 0 aliphatic heterocycles.